The first kappa shape index (κ1) is 9.10. The van der Waals surface area contributed by atoms with Crippen LogP contribution in [0.4, 0.5) is 5.69 Å². The maximum atomic E-state index is 8.14. The average Bonchev–Trinajstić information content (AvgIpc) is 2.09. The first-order chi connectivity index (χ1) is 5.86. The summed E-state index contributed by atoms with van der Waals surface area (Å²) in [7, 11) is 0. The Bertz CT molecular complexity index is 288. The molecular weight excluding hydrogens is 218 g/mol. The first-order valence-corrected chi connectivity index (χ1v) is 4.69. The second-order valence-electron chi connectivity index (χ2n) is 2.29. The summed E-state index contributed by atoms with van der Waals surface area (Å²) in [6.07, 6.45) is 0.997. The van der Waals surface area contributed by atoms with Gasteiger partial charge >= 0.3 is 0 Å². The molecule has 0 atom stereocenters. The van der Waals surface area contributed by atoms with Crippen molar-refractivity contribution in [2.45, 2.75) is 6.42 Å². The van der Waals surface area contributed by atoms with Gasteiger partial charge in [0.05, 0.1) is 0 Å². The Labute approximate surface area is 79.2 Å². The molecule has 0 unspecified atom stereocenters. The fourth-order valence-electron chi connectivity index (χ4n) is 0.890. The Morgan fingerprint density at radius 1 is 1.33 bits per heavy atom. The van der Waals surface area contributed by atoms with Crippen molar-refractivity contribution in [1.82, 2.24) is 0 Å². The van der Waals surface area contributed by atoms with Crippen molar-refractivity contribution in [2.24, 2.45) is 5.11 Å². The molecule has 0 amide bonds. The molecule has 0 N–H and O–H groups in total. The van der Waals surface area contributed by atoms with E-state index in [1.54, 1.807) is 0 Å². The molecule has 3 nitrogen and oxygen atoms in total. The number of benzene rings is 1. The molecule has 0 fully saturated rings. The lowest BCUT2D eigenvalue weighted by Gasteiger charge is -1.96. The number of azide groups is 1. The Morgan fingerprint density at radius 2 is 2.00 bits per heavy atom. The molecule has 0 bridgehead atoms. The summed E-state index contributed by atoms with van der Waals surface area (Å²) in [6.45, 7) is 0. The van der Waals surface area contributed by atoms with Crippen molar-refractivity contribution in [1.29, 1.82) is 0 Å². The predicted octanol–water partition coefficient (Wildman–Crippen LogP) is 3.57. The molecule has 12 heavy (non-hydrogen) atoms. The maximum Gasteiger partial charge on any atom is 0.0375 e. The number of aryl methyl sites for hydroxylation is 1. The van der Waals surface area contributed by atoms with E-state index in [9.17, 15) is 0 Å². The van der Waals surface area contributed by atoms with E-state index >= 15 is 0 Å². The molecular formula is C8H8BrN3. The molecule has 0 aliphatic rings. The van der Waals surface area contributed by atoms with Crippen molar-refractivity contribution in [2.75, 3.05) is 5.33 Å². The lowest BCUT2D eigenvalue weighted by molar-refractivity contribution is 1.17. The van der Waals surface area contributed by atoms with Crippen molar-refractivity contribution < 1.29 is 0 Å². The second kappa shape index (κ2) is 4.80. The summed E-state index contributed by atoms with van der Waals surface area (Å²) in [5.41, 5.74) is 10.0. The van der Waals surface area contributed by atoms with Crippen molar-refractivity contribution >= 4 is 21.6 Å². The average molecular weight is 226 g/mol. The third-order valence-electron chi connectivity index (χ3n) is 1.48. The summed E-state index contributed by atoms with van der Waals surface area (Å²) in [6, 6.07) is 7.56. The van der Waals surface area contributed by atoms with E-state index in [2.05, 4.69) is 26.0 Å². The third kappa shape index (κ3) is 2.57. The Kier molecular flexibility index (Phi) is 3.64. The van der Waals surface area contributed by atoms with Gasteiger partial charge in [0.15, 0.2) is 0 Å². The summed E-state index contributed by atoms with van der Waals surface area (Å²) in [5, 5.41) is 4.43. The van der Waals surface area contributed by atoms with Gasteiger partial charge in [0.1, 0.15) is 0 Å². The number of hydrogen-bond donors (Lipinski definition) is 0. The predicted molar refractivity (Wildman–Crippen MR) is 52.7 cm³/mol. The highest BCUT2D eigenvalue weighted by molar-refractivity contribution is 9.09. The van der Waals surface area contributed by atoms with Gasteiger partial charge in [-0.3, -0.25) is 0 Å². The van der Waals surface area contributed by atoms with E-state index in [4.69, 9.17) is 5.53 Å². The molecule has 0 saturated carbocycles. The summed E-state index contributed by atoms with van der Waals surface area (Å²) < 4.78 is 0. The number of rotatable bonds is 3. The van der Waals surface area contributed by atoms with Gasteiger partial charge in [-0.15, -0.1) is 0 Å². The van der Waals surface area contributed by atoms with Crippen molar-refractivity contribution in [3.8, 4) is 0 Å². The van der Waals surface area contributed by atoms with Crippen LogP contribution < -0.4 is 0 Å². The van der Waals surface area contributed by atoms with E-state index in [1.165, 1.54) is 5.56 Å². The van der Waals surface area contributed by atoms with Crippen molar-refractivity contribution in [3.05, 3.63) is 40.3 Å². The molecule has 1 rings (SSSR count). The molecule has 4 heteroatoms. The second-order valence-corrected chi connectivity index (χ2v) is 3.09. The molecule has 1 aromatic rings. The molecule has 0 aliphatic heterocycles. The Morgan fingerprint density at radius 3 is 2.50 bits per heavy atom. The Hall–Kier alpha value is -0.990. The van der Waals surface area contributed by atoms with Gasteiger partial charge in [0, 0.05) is 15.9 Å². The van der Waals surface area contributed by atoms with Gasteiger partial charge < -0.3 is 0 Å². The fourth-order valence-corrected chi connectivity index (χ4v) is 1.35. The number of halogens is 1. The smallest absolute Gasteiger partial charge is 0.0375 e. The number of hydrogen-bond acceptors (Lipinski definition) is 1. The van der Waals surface area contributed by atoms with Crippen LogP contribution in [0, 0.1) is 0 Å². The largest absolute Gasteiger partial charge is 0.0924 e. The topological polar surface area (TPSA) is 48.8 Å². The zero-order valence-electron chi connectivity index (χ0n) is 6.44. The summed E-state index contributed by atoms with van der Waals surface area (Å²) >= 11 is 3.35. The monoisotopic (exact) mass is 225 g/mol. The SMILES string of the molecule is [N-]=[N+]=Nc1ccc(CCBr)cc1. The molecule has 0 radical (unpaired) electrons. The number of nitrogens with zero attached hydrogens (tertiary/aromatic N) is 3. The molecule has 1 aromatic carbocycles. The van der Waals surface area contributed by atoms with E-state index < -0.39 is 0 Å². The highest BCUT2D eigenvalue weighted by atomic mass is 79.9. The van der Waals surface area contributed by atoms with Crippen LogP contribution in [-0.4, -0.2) is 5.33 Å². The minimum absolute atomic E-state index is 0.663. The first-order valence-electron chi connectivity index (χ1n) is 3.57. The van der Waals surface area contributed by atoms with Crippen LogP contribution in [0.15, 0.2) is 29.4 Å². The van der Waals surface area contributed by atoms with Crippen LogP contribution in [-0.2, 0) is 6.42 Å². The van der Waals surface area contributed by atoms with Gasteiger partial charge in [-0.1, -0.05) is 45.3 Å². The normalized spacial score (nSPS) is 9.08. The molecule has 0 heterocycles. The zero-order valence-corrected chi connectivity index (χ0v) is 8.03. The maximum absolute atomic E-state index is 8.14. The quantitative estimate of drug-likeness (QED) is 0.327. The van der Waals surface area contributed by atoms with E-state index in [0.717, 1.165) is 11.8 Å². The van der Waals surface area contributed by atoms with Crippen molar-refractivity contribution in [3.63, 3.8) is 0 Å². The van der Waals surface area contributed by atoms with Crippen LogP contribution in [0.1, 0.15) is 5.56 Å². The van der Waals surface area contributed by atoms with Crippen LogP contribution in [0.25, 0.3) is 10.4 Å². The minimum Gasteiger partial charge on any atom is -0.0924 e. The van der Waals surface area contributed by atoms with Gasteiger partial charge in [-0.2, -0.15) is 0 Å². The van der Waals surface area contributed by atoms with Crippen LogP contribution in [0.2, 0.25) is 0 Å². The molecule has 0 saturated heterocycles. The van der Waals surface area contributed by atoms with E-state index in [0.29, 0.717) is 5.69 Å². The zero-order chi connectivity index (χ0) is 8.81. The molecule has 0 spiro atoms. The number of alkyl halides is 1. The van der Waals surface area contributed by atoms with Crippen LogP contribution in [0.3, 0.4) is 0 Å². The van der Waals surface area contributed by atoms with E-state index in [1.807, 2.05) is 24.3 Å². The Balaban J connectivity index is 2.77. The fraction of sp³-hybridized carbons (Fsp3) is 0.250. The standard InChI is InChI=1S/C8H8BrN3/c9-6-5-7-1-3-8(4-2-7)11-12-10/h1-4H,5-6H2. The summed E-state index contributed by atoms with van der Waals surface area (Å²) in [4.78, 5) is 2.70. The van der Waals surface area contributed by atoms with Gasteiger partial charge in [-0.05, 0) is 17.5 Å². The molecule has 0 aliphatic carbocycles. The van der Waals surface area contributed by atoms with Gasteiger partial charge in [0.25, 0.3) is 0 Å². The third-order valence-corrected chi connectivity index (χ3v) is 1.88. The van der Waals surface area contributed by atoms with Gasteiger partial charge in [0.2, 0.25) is 0 Å². The van der Waals surface area contributed by atoms with Gasteiger partial charge in [-0.25, -0.2) is 0 Å². The van der Waals surface area contributed by atoms with Crippen LogP contribution in [0.5, 0.6) is 0 Å². The van der Waals surface area contributed by atoms with E-state index in [-0.39, 0.29) is 0 Å². The minimum atomic E-state index is 0.663. The lowest BCUT2D eigenvalue weighted by atomic mass is 10.2. The highest BCUT2D eigenvalue weighted by Gasteiger charge is 1.90. The lowest BCUT2D eigenvalue weighted by Crippen LogP contribution is -1.82. The highest BCUT2D eigenvalue weighted by Crippen LogP contribution is 2.13. The van der Waals surface area contributed by atoms with Crippen LogP contribution >= 0.6 is 15.9 Å². The molecule has 62 valence electrons. The molecule has 0 aromatic heterocycles. The summed E-state index contributed by atoms with van der Waals surface area (Å²) in [5.74, 6) is 0.